The summed E-state index contributed by atoms with van der Waals surface area (Å²) in [7, 11) is 0. The lowest BCUT2D eigenvalue weighted by atomic mass is 10.1. The Morgan fingerprint density at radius 3 is 2.61 bits per heavy atom. The van der Waals surface area contributed by atoms with Crippen molar-refractivity contribution in [3.8, 4) is 11.1 Å². The van der Waals surface area contributed by atoms with Crippen molar-refractivity contribution in [2.75, 3.05) is 11.1 Å². The summed E-state index contributed by atoms with van der Waals surface area (Å²) in [5.74, 6) is -0.260. The molecule has 2 aromatic heterocycles. The van der Waals surface area contributed by atoms with Gasteiger partial charge in [0.25, 0.3) is 0 Å². The van der Waals surface area contributed by atoms with Gasteiger partial charge in [-0.2, -0.15) is 0 Å². The molecule has 0 saturated heterocycles. The van der Waals surface area contributed by atoms with Gasteiger partial charge in [0.05, 0.1) is 22.6 Å². The van der Waals surface area contributed by atoms with E-state index >= 15 is 0 Å². The van der Waals surface area contributed by atoms with Crippen LogP contribution in [0.25, 0.3) is 28.1 Å². The first-order valence-electron chi connectivity index (χ1n) is 8.84. The Kier molecular flexibility index (Phi) is 4.80. The molecule has 3 N–H and O–H groups in total. The van der Waals surface area contributed by atoms with Gasteiger partial charge in [0, 0.05) is 29.4 Å². The predicted molar refractivity (Wildman–Crippen MR) is 113 cm³/mol. The second kappa shape index (κ2) is 7.72. The van der Waals surface area contributed by atoms with Crippen LogP contribution in [0.15, 0.2) is 85.2 Å². The lowest BCUT2D eigenvalue weighted by Gasteiger charge is -2.05. The minimum atomic E-state index is -0.260. The zero-order valence-corrected chi connectivity index (χ0v) is 15.0. The molecule has 0 saturated carbocycles. The normalized spacial score (nSPS) is 11.0. The molecular formula is C23H18N4O. The number of rotatable bonds is 4. The zero-order valence-electron chi connectivity index (χ0n) is 15.0. The molecule has 136 valence electrons. The van der Waals surface area contributed by atoms with E-state index in [1.807, 2.05) is 54.6 Å². The van der Waals surface area contributed by atoms with Crippen LogP contribution in [0.5, 0.6) is 0 Å². The number of hydrogen-bond donors (Lipinski definition) is 2. The van der Waals surface area contributed by atoms with Gasteiger partial charge in [-0.25, -0.2) is 0 Å². The van der Waals surface area contributed by atoms with Crippen LogP contribution in [0, 0.1) is 0 Å². The molecule has 0 aliphatic rings. The molecule has 28 heavy (non-hydrogen) atoms. The Hall–Kier alpha value is -3.99. The third-order valence-electron chi connectivity index (χ3n) is 4.35. The van der Waals surface area contributed by atoms with Crippen molar-refractivity contribution in [1.82, 2.24) is 9.97 Å². The molecule has 5 heteroatoms. The molecule has 0 spiro atoms. The standard InChI is InChI=1S/C23H18N4O/c24-20-5-1-2-6-21(20)27-23(28)12-11-19-10-9-18(15-26-19)17-8-7-16-4-3-13-25-22(16)14-17/h1-15H,24H2,(H,27,28). The molecule has 4 aromatic rings. The second-order valence-electron chi connectivity index (χ2n) is 6.29. The highest BCUT2D eigenvalue weighted by atomic mass is 16.1. The van der Waals surface area contributed by atoms with Crippen molar-refractivity contribution in [3.05, 3.63) is 90.9 Å². The number of pyridine rings is 2. The maximum Gasteiger partial charge on any atom is 0.248 e. The van der Waals surface area contributed by atoms with Gasteiger partial charge in [-0.15, -0.1) is 0 Å². The summed E-state index contributed by atoms with van der Waals surface area (Å²) in [4.78, 5) is 20.9. The molecule has 0 radical (unpaired) electrons. The number of nitrogens with one attached hydrogen (secondary N) is 1. The number of para-hydroxylation sites is 2. The molecule has 0 atom stereocenters. The van der Waals surface area contributed by atoms with Gasteiger partial charge in [-0.3, -0.25) is 14.8 Å². The Morgan fingerprint density at radius 2 is 1.79 bits per heavy atom. The van der Waals surface area contributed by atoms with Gasteiger partial charge < -0.3 is 11.1 Å². The van der Waals surface area contributed by atoms with Crippen molar-refractivity contribution in [1.29, 1.82) is 0 Å². The highest BCUT2D eigenvalue weighted by molar-refractivity contribution is 6.03. The summed E-state index contributed by atoms with van der Waals surface area (Å²) in [6.45, 7) is 0. The van der Waals surface area contributed by atoms with Crippen molar-refractivity contribution in [2.24, 2.45) is 0 Å². The SMILES string of the molecule is Nc1ccccc1NC(=O)C=Cc1ccc(-c2ccc3cccnc3c2)cn1. The lowest BCUT2D eigenvalue weighted by Crippen LogP contribution is -2.09. The maximum absolute atomic E-state index is 12.1. The van der Waals surface area contributed by atoms with Gasteiger partial charge in [0.15, 0.2) is 0 Å². The summed E-state index contributed by atoms with van der Waals surface area (Å²) in [5.41, 5.74) is 10.6. The number of carbonyl (C=O) groups is 1. The van der Waals surface area contributed by atoms with E-state index < -0.39 is 0 Å². The number of benzene rings is 2. The fourth-order valence-corrected chi connectivity index (χ4v) is 2.87. The summed E-state index contributed by atoms with van der Waals surface area (Å²) < 4.78 is 0. The van der Waals surface area contributed by atoms with Crippen LogP contribution in [0.1, 0.15) is 5.69 Å². The molecule has 0 fully saturated rings. The van der Waals surface area contributed by atoms with E-state index in [1.54, 1.807) is 30.6 Å². The van der Waals surface area contributed by atoms with Crippen LogP contribution in [0.4, 0.5) is 11.4 Å². The van der Waals surface area contributed by atoms with E-state index in [1.165, 1.54) is 6.08 Å². The lowest BCUT2D eigenvalue weighted by molar-refractivity contribution is -0.111. The third-order valence-corrected chi connectivity index (χ3v) is 4.35. The Labute approximate surface area is 162 Å². The van der Waals surface area contributed by atoms with Gasteiger partial charge in [0.1, 0.15) is 0 Å². The fourth-order valence-electron chi connectivity index (χ4n) is 2.87. The van der Waals surface area contributed by atoms with Crippen LogP contribution >= 0.6 is 0 Å². The summed E-state index contributed by atoms with van der Waals surface area (Å²) >= 11 is 0. The van der Waals surface area contributed by atoms with Crippen molar-refractivity contribution in [3.63, 3.8) is 0 Å². The van der Waals surface area contributed by atoms with Crippen LogP contribution in [-0.4, -0.2) is 15.9 Å². The van der Waals surface area contributed by atoms with E-state index in [0.29, 0.717) is 17.1 Å². The van der Waals surface area contributed by atoms with Crippen molar-refractivity contribution < 1.29 is 4.79 Å². The predicted octanol–water partition coefficient (Wildman–Crippen LogP) is 4.53. The van der Waals surface area contributed by atoms with Crippen LogP contribution < -0.4 is 11.1 Å². The number of nitrogen functional groups attached to an aromatic ring is 1. The number of anilines is 2. The monoisotopic (exact) mass is 366 g/mol. The summed E-state index contributed by atoms with van der Waals surface area (Å²) in [6, 6.07) is 21.1. The average Bonchev–Trinajstić information content (AvgIpc) is 2.74. The number of hydrogen-bond acceptors (Lipinski definition) is 4. The second-order valence-corrected chi connectivity index (χ2v) is 6.29. The van der Waals surface area contributed by atoms with E-state index in [0.717, 1.165) is 22.0 Å². The van der Waals surface area contributed by atoms with Crippen molar-refractivity contribution in [2.45, 2.75) is 0 Å². The molecule has 1 amide bonds. The largest absolute Gasteiger partial charge is 0.397 e. The quantitative estimate of drug-likeness (QED) is 0.411. The van der Waals surface area contributed by atoms with Gasteiger partial charge in [-0.1, -0.05) is 36.4 Å². The molecule has 4 rings (SSSR count). The average molecular weight is 366 g/mol. The van der Waals surface area contributed by atoms with E-state index in [9.17, 15) is 4.79 Å². The Balaban J connectivity index is 1.47. The van der Waals surface area contributed by atoms with Gasteiger partial charge >= 0.3 is 0 Å². The molecule has 2 heterocycles. The first kappa shape index (κ1) is 17.4. The first-order chi connectivity index (χ1) is 13.7. The molecule has 0 aliphatic heterocycles. The van der Waals surface area contributed by atoms with Crippen LogP contribution in [-0.2, 0) is 4.79 Å². The molecule has 2 aromatic carbocycles. The molecule has 0 bridgehead atoms. The fraction of sp³-hybridized carbons (Fsp3) is 0. The highest BCUT2D eigenvalue weighted by Gasteiger charge is 2.03. The van der Waals surface area contributed by atoms with E-state index in [4.69, 9.17) is 5.73 Å². The topological polar surface area (TPSA) is 80.9 Å². The van der Waals surface area contributed by atoms with Crippen LogP contribution in [0.3, 0.4) is 0 Å². The summed E-state index contributed by atoms with van der Waals surface area (Å²) in [6.07, 6.45) is 6.68. The maximum atomic E-state index is 12.1. The van der Waals surface area contributed by atoms with Gasteiger partial charge in [-0.05, 0) is 42.0 Å². The zero-order chi connectivity index (χ0) is 19.3. The minimum Gasteiger partial charge on any atom is -0.397 e. The van der Waals surface area contributed by atoms with Crippen molar-refractivity contribution >= 4 is 34.3 Å². The number of carbonyl (C=O) groups excluding carboxylic acids is 1. The first-order valence-corrected chi connectivity index (χ1v) is 8.84. The smallest absolute Gasteiger partial charge is 0.248 e. The number of nitrogens with zero attached hydrogens (tertiary/aromatic N) is 2. The number of nitrogens with two attached hydrogens (primary N) is 1. The molecular weight excluding hydrogens is 348 g/mol. The molecule has 0 aliphatic carbocycles. The molecule has 0 unspecified atom stereocenters. The van der Waals surface area contributed by atoms with Crippen LogP contribution in [0.2, 0.25) is 0 Å². The number of aromatic nitrogens is 2. The Morgan fingerprint density at radius 1 is 0.929 bits per heavy atom. The van der Waals surface area contributed by atoms with E-state index in [-0.39, 0.29) is 5.91 Å². The molecule has 5 nitrogen and oxygen atoms in total. The Bertz CT molecular complexity index is 1170. The van der Waals surface area contributed by atoms with E-state index in [2.05, 4.69) is 15.3 Å². The number of fused-ring (bicyclic) bond motifs is 1. The minimum absolute atomic E-state index is 0.260. The highest BCUT2D eigenvalue weighted by Crippen LogP contribution is 2.23. The van der Waals surface area contributed by atoms with Gasteiger partial charge in [0.2, 0.25) is 5.91 Å². The third kappa shape index (κ3) is 3.88. The summed E-state index contributed by atoms with van der Waals surface area (Å²) in [5, 5.41) is 3.85. The number of amides is 1.